The molecule has 0 radical (unpaired) electrons. The van der Waals surface area contributed by atoms with Crippen molar-refractivity contribution in [1.29, 1.82) is 0 Å². The molecule has 1 unspecified atom stereocenters. The number of methoxy groups -OCH3 is 1. The molecular weight excluding hydrogens is 276 g/mol. The summed E-state index contributed by atoms with van der Waals surface area (Å²) in [4.78, 5) is 2.43. The van der Waals surface area contributed by atoms with Gasteiger partial charge in [-0.15, -0.1) is 0 Å². The van der Waals surface area contributed by atoms with Crippen LogP contribution in [0.15, 0.2) is 18.2 Å². The number of rotatable bonds is 6. The molecule has 5 heteroatoms. The number of ether oxygens (including phenoxy) is 2. The summed E-state index contributed by atoms with van der Waals surface area (Å²) < 4.78 is 10.5. The van der Waals surface area contributed by atoms with Gasteiger partial charge >= 0.3 is 0 Å². The lowest BCUT2D eigenvalue weighted by molar-refractivity contribution is 0.0343. The summed E-state index contributed by atoms with van der Waals surface area (Å²) >= 11 is 6.13. The Morgan fingerprint density at radius 2 is 2.15 bits per heavy atom. The van der Waals surface area contributed by atoms with Crippen molar-refractivity contribution in [3.05, 3.63) is 28.8 Å². The Kier molecular flexibility index (Phi) is 6.10. The van der Waals surface area contributed by atoms with Gasteiger partial charge in [0.15, 0.2) is 0 Å². The smallest absolute Gasteiger partial charge is 0.137 e. The summed E-state index contributed by atoms with van der Waals surface area (Å²) in [5.74, 6) is 0.719. The van der Waals surface area contributed by atoms with Crippen LogP contribution < -0.4 is 10.1 Å². The highest BCUT2D eigenvalue weighted by molar-refractivity contribution is 6.32. The molecule has 0 aromatic heterocycles. The van der Waals surface area contributed by atoms with Crippen molar-refractivity contribution in [1.82, 2.24) is 10.2 Å². The minimum absolute atomic E-state index is 0.439. The molecule has 1 N–H and O–H groups in total. The van der Waals surface area contributed by atoms with Crippen LogP contribution in [0.3, 0.4) is 0 Å². The quantitative estimate of drug-likeness (QED) is 0.873. The van der Waals surface area contributed by atoms with E-state index in [4.69, 9.17) is 21.1 Å². The fourth-order valence-electron chi connectivity index (χ4n) is 2.35. The lowest BCUT2D eigenvalue weighted by Crippen LogP contribution is -2.44. The summed E-state index contributed by atoms with van der Waals surface area (Å²) in [6.07, 6.45) is 0. The van der Waals surface area contributed by atoms with Crippen LogP contribution in [0, 0.1) is 0 Å². The molecule has 1 aromatic rings. The van der Waals surface area contributed by atoms with E-state index in [9.17, 15) is 0 Å². The van der Waals surface area contributed by atoms with Crippen molar-refractivity contribution >= 4 is 11.6 Å². The van der Waals surface area contributed by atoms with Gasteiger partial charge in [0.05, 0.1) is 25.3 Å². The van der Waals surface area contributed by atoms with Gasteiger partial charge in [-0.05, 0) is 24.6 Å². The van der Waals surface area contributed by atoms with Crippen molar-refractivity contribution in [3.8, 4) is 5.75 Å². The Labute approximate surface area is 126 Å². The minimum atomic E-state index is 0.439. The van der Waals surface area contributed by atoms with Crippen LogP contribution in [-0.4, -0.2) is 50.9 Å². The summed E-state index contributed by atoms with van der Waals surface area (Å²) in [5.41, 5.74) is 1.17. The summed E-state index contributed by atoms with van der Waals surface area (Å²) in [5, 5.41) is 4.19. The topological polar surface area (TPSA) is 33.7 Å². The third kappa shape index (κ3) is 4.63. The van der Waals surface area contributed by atoms with Gasteiger partial charge in [-0.3, -0.25) is 4.90 Å². The molecule has 20 heavy (non-hydrogen) atoms. The third-order valence-corrected chi connectivity index (χ3v) is 3.80. The minimum Gasteiger partial charge on any atom is -0.495 e. The molecule has 1 aliphatic heterocycles. The predicted octanol–water partition coefficient (Wildman–Crippen LogP) is 2.16. The van der Waals surface area contributed by atoms with Crippen molar-refractivity contribution in [3.63, 3.8) is 0 Å². The van der Waals surface area contributed by atoms with E-state index < -0.39 is 0 Å². The Bertz CT molecular complexity index is 422. The first-order valence-electron chi connectivity index (χ1n) is 7.05. The number of nitrogens with zero attached hydrogens (tertiary/aromatic N) is 1. The average Bonchev–Trinajstić information content (AvgIpc) is 2.46. The Morgan fingerprint density at radius 1 is 1.40 bits per heavy atom. The zero-order valence-electron chi connectivity index (χ0n) is 12.2. The van der Waals surface area contributed by atoms with Gasteiger partial charge in [-0.2, -0.15) is 0 Å². The molecule has 1 atom stereocenters. The molecule has 0 aliphatic carbocycles. The first kappa shape index (κ1) is 15.6. The Morgan fingerprint density at radius 3 is 2.80 bits per heavy atom. The average molecular weight is 299 g/mol. The highest BCUT2D eigenvalue weighted by Crippen LogP contribution is 2.24. The fourth-order valence-corrected chi connectivity index (χ4v) is 2.63. The molecule has 0 bridgehead atoms. The maximum Gasteiger partial charge on any atom is 0.137 e. The van der Waals surface area contributed by atoms with Crippen LogP contribution in [0.5, 0.6) is 5.75 Å². The van der Waals surface area contributed by atoms with Gasteiger partial charge in [0.2, 0.25) is 0 Å². The number of nitrogens with one attached hydrogen (secondary N) is 1. The Balaban J connectivity index is 1.77. The van der Waals surface area contributed by atoms with Crippen molar-refractivity contribution in [2.75, 3.05) is 40.0 Å². The van der Waals surface area contributed by atoms with Crippen LogP contribution in [-0.2, 0) is 11.3 Å². The van der Waals surface area contributed by atoms with Gasteiger partial charge in [0, 0.05) is 32.2 Å². The number of benzene rings is 1. The second kappa shape index (κ2) is 7.84. The zero-order chi connectivity index (χ0) is 14.4. The summed E-state index contributed by atoms with van der Waals surface area (Å²) in [7, 11) is 1.63. The van der Waals surface area contributed by atoms with Crippen LogP contribution in [0.4, 0.5) is 0 Å². The molecular formula is C15H23ClN2O2. The zero-order valence-corrected chi connectivity index (χ0v) is 12.9. The number of halogens is 1. The largest absolute Gasteiger partial charge is 0.495 e. The van der Waals surface area contributed by atoms with E-state index in [2.05, 4.69) is 17.1 Å². The number of morpholine rings is 1. The van der Waals surface area contributed by atoms with Gasteiger partial charge in [-0.1, -0.05) is 17.7 Å². The summed E-state index contributed by atoms with van der Waals surface area (Å²) in [6.45, 7) is 7.82. The number of hydrogen-bond donors (Lipinski definition) is 1. The van der Waals surface area contributed by atoms with Crippen LogP contribution in [0.25, 0.3) is 0 Å². The standard InChI is InChI=1S/C15H23ClN2O2/c1-12(11-18-5-7-20-8-6-18)17-10-13-3-4-15(19-2)14(16)9-13/h3-4,9,12,17H,5-8,10-11H2,1-2H3. The molecule has 1 saturated heterocycles. The highest BCUT2D eigenvalue weighted by atomic mass is 35.5. The van der Waals surface area contributed by atoms with E-state index >= 15 is 0 Å². The Hall–Kier alpha value is -0.810. The molecule has 1 aliphatic rings. The molecule has 1 fully saturated rings. The molecule has 0 spiro atoms. The first-order valence-corrected chi connectivity index (χ1v) is 7.42. The molecule has 112 valence electrons. The van der Waals surface area contributed by atoms with E-state index in [1.54, 1.807) is 7.11 Å². The van der Waals surface area contributed by atoms with Crippen molar-refractivity contribution < 1.29 is 9.47 Å². The van der Waals surface area contributed by atoms with E-state index in [0.29, 0.717) is 11.1 Å². The molecule has 1 aromatic carbocycles. The molecule has 1 heterocycles. The SMILES string of the molecule is COc1ccc(CNC(C)CN2CCOCC2)cc1Cl. The monoisotopic (exact) mass is 298 g/mol. The van der Waals surface area contributed by atoms with Crippen LogP contribution >= 0.6 is 11.6 Å². The lowest BCUT2D eigenvalue weighted by Gasteiger charge is -2.29. The fraction of sp³-hybridized carbons (Fsp3) is 0.600. The highest BCUT2D eigenvalue weighted by Gasteiger charge is 2.13. The van der Waals surface area contributed by atoms with Crippen molar-refractivity contribution in [2.45, 2.75) is 19.5 Å². The third-order valence-electron chi connectivity index (χ3n) is 3.51. The van der Waals surface area contributed by atoms with E-state index in [1.165, 1.54) is 5.56 Å². The van der Waals surface area contributed by atoms with Gasteiger partial charge in [0.1, 0.15) is 5.75 Å². The first-order chi connectivity index (χ1) is 9.69. The van der Waals surface area contributed by atoms with E-state index in [-0.39, 0.29) is 0 Å². The van der Waals surface area contributed by atoms with Crippen LogP contribution in [0.2, 0.25) is 5.02 Å². The second-order valence-corrected chi connectivity index (χ2v) is 5.57. The molecule has 0 saturated carbocycles. The van der Waals surface area contributed by atoms with Crippen LogP contribution in [0.1, 0.15) is 12.5 Å². The summed E-state index contributed by atoms with van der Waals surface area (Å²) in [6, 6.07) is 6.34. The molecule has 4 nitrogen and oxygen atoms in total. The van der Waals surface area contributed by atoms with Gasteiger partial charge in [-0.25, -0.2) is 0 Å². The van der Waals surface area contributed by atoms with E-state index in [1.807, 2.05) is 18.2 Å². The maximum atomic E-state index is 6.13. The predicted molar refractivity (Wildman–Crippen MR) is 81.6 cm³/mol. The van der Waals surface area contributed by atoms with E-state index in [0.717, 1.165) is 45.1 Å². The second-order valence-electron chi connectivity index (χ2n) is 5.16. The normalized spacial score (nSPS) is 17.9. The van der Waals surface area contributed by atoms with Crippen molar-refractivity contribution in [2.24, 2.45) is 0 Å². The molecule has 2 rings (SSSR count). The number of hydrogen-bond acceptors (Lipinski definition) is 4. The van der Waals surface area contributed by atoms with Gasteiger partial charge in [0.25, 0.3) is 0 Å². The maximum absolute atomic E-state index is 6.13. The van der Waals surface area contributed by atoms with Gasteiger partial charge < -0.3 is 14.8 Å². The lowest BCUT2D eigenvalue weighted by atomic mass is 10.2. The molecule has 0 amide bonds.